The Morgan fingerprint density at radius 1 is 1.59 bits per heavy atom. The molecule has 0 fully saturated rings. The van der Waals surface area contributed by atoms with Crippen LogP contribution in [0.4, 0.5) is 0 Å². The largest absolute Gasteiger partial charge is 0.336 e. The number of nitrogens with zero attached hydrogens (tertiary/aromatic N) is 2. The molecule has 5 heteroatoms. The molecule has 0 aliphatic rings. The fourth-order valence-corrected chi connectivity index (χ4v) is 3.45. The van der Waals surface area contributed by atoms with Crippen LogP contribution in [0.25, 0.3) is 0 Å². The second-order valence-electron chi connectivity index (χ2n) is 3.99. The van der Waals surface area contributed by atoms with Gasteiger partial charge in [-0.1, -0.05) is 6.92 Å². The molecule has 0 amide bonds. The van der Waals surface area contributed by atoms with Crippen molar-refractivity contribution in [1.82, 2.24) is 14.9 Å². The van der Waals surface area contributed by atoms with Gasteiger partial charge >= 0.3 is 0 Å². The lowest BCUT2D eigenvalue weighted by atomic mass is 10.2. The summed E-state index contributed by atoms with van der Waals surface area (Å²) in [6.07, 6.45) is 3.82. The number of rotatable bonds is 4. The van der Waals surface area contributed by atoms with E-state index in [1.54, 1.807) is 11.3 Å². The highest BCUT2D eigenvalue weighted by molar-refractivity contribution is 9.11. The Hall–Kier alpha value is -0.650. The van der Waals surface area contributed by atoms with Crippen LogP contribution in [0.2, 0.25) is 0 Å². The van der Waals surface area contributed by atoms with E-state index in [2.05, 4.69) is 50.7 Å². The first kappa shape index (κ1) is 12.8. The van der Waals surface area contributed by atoms with Crippen molar-refractivity contribution < 1.29 is 0 Å². The number of thiophene rings is 1. The standard InChI is InChI=1S/C12H16BrN3S/c1-4-14-10(12-15-5-6-16(12)3)9-7-8(2)11(13)17-9/h5-7,10,14H,4H2,1-3H3. The zero-order valence-corrected chi connectivity index (χ0v) is 12.6. The van der Waals surface area contributed by atoms with Gasteiger partial charge in [-0.2, -0.15) is 0 Å². The summed E-state index contributed by atoms with van der Waals surface area (Å²) in [6, 6.07) is 2.39. The minimum Gasteiger partial charge on any atom is -0.336 e. The van der Waals surface area contributed by atoms with Crippen molar-refractivity contribution in [3.63, 3.8) is 0 Å². The van der Waals surface area contributed by atoms with Gasteiger partial charge in [-0.05, 0) is 41.0 Å². The molecule has 92 valence electrons. The lowest BCUT2D eigenvalue weighted by Gasteiger charge is -2.16. The zero-order chi connectivity index (χ0) is 12.4. The van der Waals surface area contributed by atoms with Gasteiger partial charge in [0.25, 0.3) is 0 Å². The summed E-state index contributed by atoms with van der Waals surface area (Å²) in [5, 5.41) is 3.49. The van der Waals surface area contributed by atoms with Crippen LogP contribution in [0, 0.1) is 6.92 Å². The Labute approximate surface area is 114 Å². The fraction of sp³-hybridized carbons (Fsp3) is 0.417. The number of hydrogen-bond donors (Lipinski definition) is 1. The molecule has 3 nitrogen and oxygen atoms in total. The third-order valence-electron chi connectivity index (χ3n) is 2.69. The van der Waals surface area contributed by atoms with Crippen molar-refractivity contribution in [3.05, 3.63) is 38.5 Å². The van der Waals surface area contributed by atoms with Crippen molar-refractivity contribution in [2.45, 2.75) is 19.9 Å². The van der Waals surface area contributed by atoms with E-state index in [4.69, 9.17) is 0 Å². The highest BCUT2D eigenvalue weighted by Crippen LogP contribution is 2.33. The molecule has 1 atom stereocenters. The number of halogens is 1. The van der Waals surface area contributed by atoms with Crippen LogP contribution in [0.5, 0.6) is 0 Å². The maximum Gasteiger partial charge on any atom is 0.131 e. The van der Waals surface area contributed by atoms with Gasteiger partial charge in [-0.15, -0.1) is 11.3 Å². The zero-order valence-electron chi connectivity index (χ0n) is 10.2. The van der Waals surface area contributed by atoms with Crippen LogP contribution in [0.15, 0.2) is 22.2 Å². The summed E-state index contributed by atoms with van der Waals surface area (Å²) in [4.78, 5) is 5.74. The number of nitrogens with one attached hydrogen (secondary N) is 1. The molecule has 0 bridgehead atoms. The molecule has 0 aliphatic heterocycles. The minimum atomic E-state index is 0.176. The molecule has 0 saturated heterocycles. The first-order valence-electron chi connectivity index (χ1n) is 5.60. The summed E-state index contributed by atoms with van der Waals surface area (Å²) in [7, 11) is 2.03. The third-order valence-corrected chi connectivity index (χ3v) is 4.89. The van der Waals surface area contributed by atoms with Crippen LogP contribution >= 0.6 is 27.3 Å². The topological polar surface area (TPSA) is 29.9 Å². The molecule has 0 spiro atoms. The minimum absolute atomic E-state index is 0.176. The second kappa shape index (κ2) is 5.33. The number of aryl methyl sites for hydroxylation is 2. The van der Waals surface area contributed by atoms with Crippen LogP contribution in [0.1, 0.15) is 29.2 Å². The molecule has 2 aromatic heterocycles. The van der Waals surface area contributed by atoms with Gasteiger partial charge in [-0.25, -0.2) is 4.98 Å². The molecule has 0 aliphatic carbocycles. The average molecular weight is 314 g/mol. The van der Waals surface area contributed by atoms with Gasteiger partial charge in [0.15, 0.2) is 0 Å². The van der Waals surface area contributed by atoms with Crippen molar-refractivity contribution >= 4 is 27.3 Å². The van der Waals surface area contributed by atoms with E-state index in [1.807, 2.05) is 19.4 Å². The maximum absolute atomic E-state index is 4.44. The van der Waals surface area contributed by atoms with Crippen LogP contribution in [-0.4, -0.2) is 16.1 Å². The van der Waals surface area contributed by atoms with Crippen LogP contribution in [-0.2, 0) is 7.05 Å². The quantitative estimate of drug-likeness (QED) is 0.939. The predicted molar refractivity (Wildman–Crippen MR) is 75.5 cm³/mol. The van der Waals surface area contributed by atoms with Crippen molar-refractivity contribution in [2.75, 3.05) is 6.54 Å². The highest BCUT2D eigenvalue weighted by atomic mass is 79.9. The first-order valence-corrected chi connectivity index (χ1v) is 7.20. The summed E-state index contributed by atoms with van der Waals surface area (Å²) >= 11 is 5.35. The van der Waals surface area contributed by atoms with E-state index in [1.165, 1.54) is 14.2 Å². The molecule has 2 rings (SSSR count). The van der Waals surface area contributed by atoms with E-state index in [-0.39, 0.29) is 6.04 Å². The van der Waals surface area contributed by atoms with E-state index < -0.39 is 0 Å². The molecule has 2 aromatic rings. The average Bonchev–Trinajstić information content (AvgIpc) is 2.83. The van der Waals surface area contributed by atoms with E-state index >= 15 is 0 Å². The Kier molecular flexibility index (Phi) is 4.01. The summed E-state index contributed by atoms with van der Waals surface area (Å²) < 4.78 is 3.26. The molecule has 0 radical (unpaired) electrons. The SMILES string of the molecule is CCNC(c1cc(C)c(Br)s1)c1nccn1C. The molecule has 2 heterocycles. The molecule has 1 unspecified atom stereocenters. The summed E-state index contributed by atoms with van der Waals surface area (Å²) in [5.74, 6) is 1.06. The predicted octanol–water partition coefficient (Wildman–Crippen LogP) is 3.25. The third kappa shape index (κ3) is 2.61. The number of imidazole rings is 1. The summed E-state index contributed by atoms with van der Waals surface area (Å²) in [5.41, 5.74) is 1.28. The molecular formula is C12H16BrN3S. The monoisotopic (exact) mass is 313 g/mol. The van der Waals surface area contributed by atoms with E-state index in [0.29, 0.717) is 0 Å². The molecule has 17 heavy (non-hydrogen) atoms. The fourth-order valence-electron chi connectivity index (χ4n) is 1.80. The highest BCUT2D eigenvalue weighted by Gasteiger charge is 2.19. The molecule has 0 saturated carbocycles. The number of aromatic nitrogens is 2. The van der Waals surface area contributed by atoms with Gasteiger partial charge in [-0.3, -0.25) is 0 Å². The van der Waals surface area contributed by atoms with Gasteiger partial charge in [0.05, 0.1) is 3.79 Å². The van der Waals surface area contributed by atoms with Crippen LogP contribution < -0.4 is 5.32 Å². The molecule has 0 aromatic carbocycles. The number of hydrogen-bond acceptors (Lipinski definition) is 3. The van der Waals surface area contributed by atoms with Gasteiger partial charge in [0, 0.05) is 24.3 Å². The molecule has 1 N–H and O–H groups in total. The maximum atomic E-state index is 4.44. The van der Waals surface area contributed by atoms with E-state index in [0.717, 1.165) is 12.4 Å². The van der Waals surface area contributed by atoms with Crippen molar-refractivity contribution in [2.24, 2.45) is 7.05 Å². The summed E-state index contributed by atoms with van der Waals surface area (Å²) in [6.45, 7) is 5.16. The Morgan fingerprint density at radius 3 is 2.82 bits per heavy atom. The van der Waals surface area contributed by atoms with Gasteiger partial charge in [0.1, 0.15) is 11.9 Å². The smallest absolute Gasteiger partial charge is 0.131 e. The van der Waals surface area contributed by atoms with E-state index in [9.17, 15) is 0 Å². The van der Waals surface area contributed by atoms with Crippen LogP contribution in [0.3, 0.4) is 0 Å². The van der Waals surface area contributed by atoms with Gasteiger partial charge in [0.2, 0.25) is 0 Å². The Morgan fingerprint density at radius 2 is 2.35 bits per heavy atom. The second-order valence-corrected chi connectivity index (χ2v) is 6.39. The first-order chi connectivity index (χ1) is 8.13. The van der Waals surface area contributed by atoms with Crippen molar-refractivity contribution in [3.8, 4) is 0 Å². The van der Waals surface area contributed by atoms with Crippen molar-refractivity contribution in [1.29, 1.82) is 0 Å². The van der Waals surface area contributed by atoms with Gasteiger partial charge < -0.3 is 9.88 Å². The lowest BCUT2D eigenvalue weighted by molar-refractivity contribution is 0.584. The Balaban J connectivity index is 2.39. The normalized spacial score (nSPS) is 12.9. The Bertz CT molecular complexity index is 484. The molecular weight excluding hydrogens is 298 g/mol. The lowest BCUT2D eigenvalue weighted by Crippen LogP contribution is -2.23.